The van der Waals surface area contributed by atoms with E-state index in [4.69, 9.17) is 65.4 Å². The van der Waals surface area contributed by atoms with Crippen molar-refractivity contribution in [3.8, 4) is 0 Å². The van der Waals surface area contributed by atoms with Gasteiger partial charge in [-0.2, -0.15) is 29.9 Å². The van der Waals surface area contributed by atoms with E-state index in [-0.39, 0.29) is 26.5 Å². The Labute approximate surface area is 232 Å². The number of hydrogen-bond donors (Lipinski definition) is 0. The molecule has 4 aliphatic heterocycles. The van der Waals surface area contributed by atoms with Crippen molar-refractivity contribution >= 4 is 58.3 Å². The summed E-state index contributed by atoms with van der Waals surface area (Å²) in [6.45, 7) is 4.59. The summed E-state index contributed by atoms with van der Waals surface area (Å²) in [5, 5.41) is 0.288. The second kappa shape index (κ2) is 9.98. The molecule has 4 aliphatic rings. The molecule has 2 aromatic heterocycles. The van der Waals surface area contributed by atoms with Crippen LogP contribution in [0.3, 0.4) is 0 Å². The molecule has 0 unspecified atom stereocenters. The van der Waals surface area contributed by atoms with Crippen molar-refractivity contribution in [2.24, 2.45) is 5.41 Å². The average Bonchev–Trinajstić information content (AvgIpc) is 2.88. The molecular weight excluding hydrogens is 570 g/mol. The smallest absolute Gasteiger partial charge is 0.230 e. The van der Waals surface area contributed by atoms with Gasteiger partial charge in [0, 0.05) is 51.9 Å². The molecule has 37 heavy (non-hydrogen) atoms. The van der Waals surface area contributed by atoms with Crippen molar-refractivity contribution in [3.63, 3.8) is 0 Å². The fourth-order valence-electron chi connectivity index (χ4n) is 5.06. The van der Waals surface area contributed by atoms with Crippen LogP contribution in [0.4, 0.5) is 11.9 Å². The topological polar surface area (TPSA) is 121 Å². The first-order chi connectivity index (χ1) is 17.8. The van der Waals surface area contributed by atoms with Crippen LogP contribution >= 0.6 is 46.4 Å². The van der Waals surface area contributed by atoms with E-state index in [1.54, 1.807) is 0 Å². The van der Waals surface area contributed by atoms with Gasteiger partial charge in [0.1, 0.15) is 0 Å². The highest BCUT2D eigenvalue weighted by Gasteiger charge is 2.52. The third-order valence-corrected chi connectivity index (χ3v) is 8.00. The molecule has 16 heteroatoms. The van der Waals surface area contributed by atoms with Crippen LogP contribution in [0.5, 0.6) is 0 Å². The van der Waals surface area contributed by atoms with Crippen molar-refractivity contribution in [1.82, 2.24) is 29.9 Å². The Morgan fingerprint density at radius 1 is 0.486 bits per heavy atom. The lowest BCUT2D eigenvalue weighted by Gasteiger charge is -2.53. The van der Waals surface area contributed by atoms with Gasteiger partial charge in [-0.25, -0.2) is 0 Å². The summed E-state index contributed by atoms with van der Waals surface area (Å²) in [6.07, 6.45) is 2.65. The third-order valence-electron chi connectivity index (χ3n) is 7.32. The lowest BCUT2D eigenvalue weighted by atomic mass is 9.87. The van der Waals surface area contributed by atoms with Crippen LogP contribution in [0, 0.1) is 5.41 Å². The molecule has 3 spiro atoms. The van der Waals surface area contributed by atoms with E-state index >= 15 is 0 Å². The SMILES string of the molecule is Clc1nc(Cl)nc(N2CCC3(CC2)OCC2(CO3)COC3(CCN(c4nc(Cl)nc(Cl)n4)CC3)OC2)n1. The van der Waals surface area contributed by atoms with Crippen molar-refractivity contribution < 1.29 is 18.9 Å². The standard InChI is InChI=1S/C21H24Cl4N8O4/c22-13-26-14(23)29-17(28-13)32-5-1-20(2-6-32)34-9-19(10-35-20)11-36-21(37-12-19)3-7-33(8-4-21)18-30-15(24)27-16(25)31-18/h1-12H2. The summed E-state index contributed by atoms with van der Waals surface area (Å²) in [5.41, 5.74) is -0.338. The molecule has 6 rings (SSSR count). The summed E-state index contributed by atoms with van der Waals surface area (Å²) in [7, 11) is 0. The molecule has 4 saturated heterocycles. The van der Waals surface area contributed by atoms with E-state index in [1.807, 2.05) is 9.80 Å². The average molecular weight is 594 g/mol. The summed E-state index contributed by atoms with van der Waals surface area (Å²) < 4.78 is 25.3. The Morgan fingerprint density at radius 3 is 1.08 bits per heavy atom. The predicted molar refractivity (Wildman–Crippen MR) is 134 cm³/mol. The second-order valence-electron chi connectivity index (χ2n) is 9.80. The first kappa shape index (κ1) is 25.9. The molecule has 4 fully saturated rings. The van der Waals surface area contributed by atoms with Crippen molar-refractivity contribution in [1.29, 1.82) is 0 Å². The molecule has 0 atom stereocenters. The summed E-state index contributed by atoms with van der Waals surface area (Å²) >= 11 is 23.7. The third kappa shape index (κ3) is 5.40. The van der Waals surface area contributed by atoms with E-state index in [0.717, 1.165) is 0 Å². The number of hydrogen-bond acceptors (Lipinski definition) is 12. The highest BCUT2D eigenvalue weighted by molar-refractivity contribution is 6.31. The number of anilines is 2. The summed E-state index contributed by atoms with van der Waals surface area (Å²) in [6, 6.07) is 0. The molecule has 6 heterocycles. The van der Waals surface area contributed by atoms with Gasteiger partial charge < -0.3 is 28.7 Å². The van der Waals surface area contributed by atoms with Gasteiger partial charge in [0.05, 0.1) is 31.8 Å². The van der Waals surface area contributed by atoms with E-state index < -0.39 is 11.6 Å². The van der Waals surface area contributed by atoms with Gasteiger partial charge in [-0.05, 0) is 46.4 Å². The minimum Gasteiger partial charge on any atom is -0.349 e. The number of nitrogens with zero attached hydrogens (tertiary/aromatic N) is 8. The van der Waals surface area contributed by atoms with Gasteiger partial charge in [-0.1, -0.05) is 0 Å². The van der Waals surface area contributed by atoms with Crippen LogP contribution in [0.2, 0.25) is 21.1 Å². The van der Waals surface area contributed by atoms with Gasteiger partial charge in [0.25, 0.3) is 0 Å². The number of aromatic nitrogens is 6. The van der Waals surface area contributed by atoms with Gasteiger partial charge in [-0.15, -0.1) is 0 Å². The summed E-state index contributed by atoms with van der Waals surface area (Å²) in [5.74, 6) is -0.371. The molecule has 0 amide bonds. The lowest BCUT2D eigenvalue weighted by molar-refractivity contribution is -0.372. The zero-order valence-corrected chi connectivity index (χ0v) is 22.7. The molecule has 0 saturated carbocycles. The molecule has 0 aromatic carbocycles. The Kier molecular flexibility index (Phi) is 6.98. The predicted octanol–water partition coefficient (Wildman–Crippen LogP) is 3.04. The highest BCUT2D eigenvalue weighted by Crippen LogP contribution is 2.43. The van der Waals surface area contributed by atoms with E-state index in [1.165, 1.54) is 0 Å². The first-order valence-corrected chi connectivity index (χ1v) is 13.5. The van der Waals surface area contributed by atoms with Crippen molar-refractivity contribution in [2.45, 2.75) is 37.3 Å². The van der Waals surface area contributed by atoms with Crippen molar-refractivity contribution in [3.05, 3.63) is 21.1 Å². The van der Waals surface area contributed by atoms with Crippen molar-refractivity contribution in [2.75, 3.05) is 62.4 Å². The maximum absolute atomic E-state index is 6.33. The molecule has 0 radical (unpaired) electrons. The minimum absolute atomic E-state index is 0.0719. The zero-order valence-electron chi connectivity index (χ0n) is 19.7. The van der Waals surface area contributed by atoms with E-state index in [2.05, 4.69) is 29.9 Å². The monoisotopic (exact) mass is 592 g/mol. The van der Waals surface area contributed by atoms with Crippen LogP contribution in [0.15, 0.2) is 0 Å². The van der Waals surface area contributed by atoms with Crippen LogP contribution < -0.4 is 9.80 Å². The molecule has 0 aliphatic carbocycles. The van der Waals surface area contributed by atoms with E-state index in [9.17, 15) is 0 Å². The Hall–Kier alpha value is -1.38. The van der Waals surface area contributed by atoms with Crippen LogP contribution in [-0.4, -0.2) is 94.1 Å². The zero-order chi connectivity index (χ0) is 25.7. The Balaban J connectivity index is 1.00. The number of ether oxygens (including phenoxy) is 4. The first-order valence-electron chi connectivity index (χ1n) is 12.0. The molecular formula is C21H24Cl4N8O4. The second-order valence-corrected chi connectivity index (χ2v) is 11.1. The molecule has 0 N–H and O–H groups in total. The fraction of sp³-hybridized carbons (Fsp3) is 0.714. The van der Waals surface area contributed by atoms with Crippen LogP contribution in [0.25, 0.3) is 0 Å². The number of piperidine rings is 2. The molecule has 12 nitrogen and oxygen atoms in total. The van der Waals surface area contributed by atoms with E-state index in [0.29, 0.717) is 90.2 Å². The fourth-order valence-corrected chi connectivity index (χ4v) is 5.77. The lowest BCUT2D eigenvalue weighted by Crippen LogP contribution is -2.62. The van der Waals surface area contributed by atoms with Crippen LogP contribution in [-0.2, 0) is 18.9 Å². The Morgan fingerprint density at radius 2 is 0.784 bits per heavy atom. The maximum Gasteiger partial charge on any atom is 0.230 e. The quantitative estimate of drug-likeness (QED) is 0.508. The maximum atomic E-state index is 6.33. The van der Waals surface area contributed by atoms with Gasteiger partial charge in [0.15, 0.2) is 11.6 Å². The summed E-state index contributed by atoms with van der Waals surface area (Å²) in [4.78, 5) is 28.3. The molecule has 0 bridgehead atoms. The van der Waals surface area contributed by atoms with Gasteiger partial charge in [-0.3, -0.25) is 0 Å². The number of halogens is 4. The molecule has 200 valence electrons. The number of rotatable bonds is 2. The van der Waals surface area contributed by atoms with Gasteiger partial charge in [0.2, 0.25) is 33.0 Å². The minimum atomic E-state index is -0.643. The Bertz CT molecular complexity index is 1010. The highest BCUT2D eigenvalue weighted by atomic mass is 35.5. The van der Waals surface area contributed by atoms with Gasteiger partial charge >= 0.3 is 0 Å². The normalized spacial score (nSPS) is 24.6. The molecule has 2 aromatic rings. The van der Waals surface area contributed by atoms with Crippen LogP contribution in [0.1, 0.15) is 25.7 Å². The largest absolute Gasteiger partial charge is 0.349 e.